The molecular formula is C16H33NO. The van der Waals surface area contributed by atoms with Crippen LogP contribution >= 0.6 is 0 Å². The molecule has 0 aliphatic rings. The first-order valence-corrected chi connectivity index (χ1v) is 6.68. The molecule has 0 aromatic heterocycles. The SMILES string of the molecule is C.CC.CC.CC.CCC(=O)Nc1ccccc1. The lowest BCUT2D eigenvalue weighted by Crippen LogP contribution is -2.08. The second-order valence-electron chi connectivity index (χ2n) is 2.27. The third-order valence-corrected chi connectivity index (χ3v) is 1.38. The summed E-state index contributed by atoms with van der Waals surface area (Å²) >= 11 is 0. The maximum absolute atomic E-state index is 10.9. The highest BCUT2D eigenvalue weighted by molar-refractivity contribution is 5.90. The molecule has 1 rings (SSSR count). The van der Waals surface area contributed by atoms with Crippen LogP contribution in [-0.4, -0.2) is 5.91 Å². The number of amides is 1. The third kappa shape index (κ3) is 17.1. The van der Waals surface area contributed by atoms with E-state index in [-0.39, 0.29) is 13.3 Å². The Morgan fingerprint density at radius 2 is 1.33 bits per heavy atom. The van der Waals surface area contributed by atoms with Gasteiger partial charge in [0, 0.05) is 12.1 Å². The number of nitrogens with one attached hydrogen (secondary N) is 1. The fourth-order valence-electron chi connectivity index (χ4n) is 0.771. The van der Waals surface area contributed by atoms with Gasteiger partial charge >= 0.3 is 0 Å². The van der Waals surface area contributed by atoms with Gasteiger partial charge in [-0.2, -0.15) is 0 Å². The Morgan fingerprint density at radius 3 is 1.67 bits per heavy atom. The molecule has 18 heavy (non-hydrogen) atoms. The van der Waals surface area contributed by atoms with Gasteiger partial charge in [-0.05, 0) is 12.1 Å². The van der Waals surface area contributed by atoms with Crippen LogP contribution in [0.3, 0.4) is 0 Å². The molecule has 0 saturated carbocycles. The van der Waals surface area contributed by atoms with Crippen molar-refractivity contribution in [2.45, 2.75) is 62.3 Å². The molecule has 0 aliphatic carbocycles. The van der Waals surface area contributed by atoms with Gasteiger partial charge in [-0.25, -0.2) is 0 Å². The van der Waals surface area contributed by atoms with Gasteiger partial charge in [0.05, 0.1) is 0 Å². The Morgan fingerprint density at radius 1 is 0.944 bits per heavy atom. The van der Waals surface area contributed by atoms with E-state index in [1.165, 1.54) is 0 Å². The van der Waals surface area contributed by atoms with Crippen molar-refractivity contribution in [1.29, 1.82) is 0 Å². The van der Waals surface area contributed by atoms with E-state index in [0.29, 0.717) is 6.42 Å². The molecule has 2 nitrogen and oxygen atoms in total. The molecule has 0 aliphatic heterocycles. The van der Waals surface area contributed by atoms with Gasteiger partial charge in [0.2, 0.25) is 5.91 Å². The smallest absolute Gasteiger partial charge is 0.224 e. The minimum absolute atomic E-state index is 0. The first-order valence-electron chi connectivity index (χ1n) is 6.68. The molecule has 108 valence electrons. The molecule has 0 bridgehead atoms. The molecule has 0 spiro atoms. The van der Waals surface area contributed by atoms with E-state index < -0.39 is 0 Å². The zero-order valence-corrected chi connectivity index (χ0v) is 12.5. The molecule has 1 aromatic rings. The average Bonchev–Trinajstić information content (AvgIpc) is 2.46. The van der Waals surface area contributed by atoms with Gasteiger partial charge in [-0.1, -0.05) is 74.1 Å². The number of carbonyl (C=O) groups is 1. The van der Waals surface area contributed by atoms with Gasteiger partial charge in [0.25, 0.3) is 0 Å². The van der Waals surface area contributed by atoms with Crippen molar-refractivity contribution in [1.82, 2.24) is 0 Å². The second-order valence-corrected chi connectivity index (χ2v) is 2.27. The van der Waals surface area contributed by atoms with E-state index in [1.807, 2.05) is 78.8 Å². The summed E-state index contributed by atoms with van der Waals surface area (Å²) in [6.45, 7) is 13.8. The lowest BCUT2D eigenvalue weighted by atomic mass is 10.3. The quantitative estimate of drug-likeness (QED) is 0.716. The van der Waals surface area contributed by atoms with Gasteiger partial charge in [0.1, 0.15) is 0 Å². The van der Waals surface area contributed by atoms with Gasteiger partial charge in [-0.15, -0.1) is 0 Å². The summed E-state index contributed by atoms with van der Waals surface area (Å²) in [6.07, 6.45) is 0.523. The highest BCUT2D eigenvalue weighted by Crippen LogP contribution is 2.04. The summed E-state index contributed by atoms with van der Waals surface area (Å²) in [6, 6.07) is 9.44. The van der Waals surface area contributed by atoms with Crippen LogP contribution in [0.1, 0.15) is 62.3 Å². The van der Waals surface area contributed by atoms with Crippen molar-refractivity contribution in [3.8, 4) is 0 Å². The van der Waals surface area contributed by atoms with E-state index in [9.17, 15) is 4.79 Å². The first-order chi connectivity index (χ1) is 8.33. The van der Waals surface area contributed by atoms with Crippen LogP contribution in [0.4, 0.5) is 5.69 Å². The molecule has 0 saturated heterocycles. The standard InChI is InChI=1S/C9H11NO.3C2H6.CH4/c1-2-9(11)10-8-6-4-3-5-7-8;3*1-2;/h3-7H,2H2,1H3,(H,10,11);3*1-2H3;1H4. The van der Waals surface area contributed by atoms with Crippen molar-refractivity contribution in [3.05, 3.63) is 30.3 Å². The van der Waals surface area contributed by atoms with Crippen molar-refractivity contribution in [3.63, 3.8) is 0 Å². The number of benzene rings is 1. The van der Waals surface area contributed by atoms with Crippen LogP contribution in [0.25, 0.3) is 0 Å². The second kappa shape index (κ2) is 24.8. The van der Waals surface area contributed by atoms with Crippen molar-refractivity contribution < 1.29 is 4.79 Å². The van der Waals surface area contributed by atoms with Crippen LogP contribution in [-0.2, 0) is 4.79 Å². The van der Waals surface area contributed by atoms with Crippen LogP contribution in [0, 0.1) is 0 Å². The Bertz CT molecular complexity index is 232. The molecule has 1 aromatic carbocycles. The van der Waals surface area contributed by atoms with Gasteiger partial charge in [-0.3, -0.25) is 4.79 Å². The molecule has 1 amide bonds. The topological polar surface area (TPSA) is 29.1 Å². The summed E-state index contributed by atoms with van der Waals surface area (Å²) in [4.78, 5) is 10.9. The lowest BCUT2D eigenvalue weighted by molar-refractivity contribution is -0.115. The van der Waals surface area contributed by atoms with E-state index >= 15 is 0 Å². The monoisotopic (exact) mass is 255 g/mol. The fourth-order valence-corrected chi connectivity index (χ4v) is 0.771. The summed E-state index contributed by atoms with van der Waals surface area (Å²) < 4.78 is 0. The number of anilines is 1. The number of hydrogen-bond donors (Lipinski definition) is 1. The zero-order valence-electron chi connectivity index (χ0n) is 12.5. The summed E-state index contributed by atoms with van der Waals surface area (Å²) in [5.74, 6) is 0.0520. The first kappa shape index (κ1) is 25.5. The molecule has 0 unspecified atom stereocenters. The van der Waals surface area contributed by atoms with Crippen LogP contribution in [0.15, 0.2) is 30.3 Å². The van der Waals surface area contributed by atoms with Crippen LogP contribution < -0.4 is 5.32 Å². The highest BCUT2D eigenvalue weighted by Gasteiger charge is 1.95. The minimum atomic E-state index is 0. The van der Waals surface area contributed by atoms with Crippen LogP contribution in [0.2, 0.25) is 0 Å². The molecule has 0 heterocycles. The normalized spacial score (nSPS) is 6.61. The Kier molecular flexibility index (Phi) is 35.1. The van der Waals surface area contributed by atoms with Gasteiger partial charge in [0.15, 0.2) is 0 Å². The predicted molar refractivity (Wildman–Crippen MR) is 86.1 cm³/mol. The van der Waals surface area contributed by atoms with Crippen molar-refractivity contribution in [2.75, 3.05) is 5.32 Å². The third-order valence-electron chi connectivity index (χ3n) is 1.38. The van der Waals surface area contributed by atoms with Crippen molar-refractivity contribution >= 4 is 11.6 Å². The van der Waals surface area contributed by atoms with Gasteiger partial charge < -0.3 is 5.32 Å². The Hall–Kier alpha value is -1.31. The fraction of sp³-hybridized carbons (Fsp3) is 0.562. The van der Waals surface area contributed by atoms with Crippen LogP contribution in [0.5, 0.6) is 0 Å². The molecule has 0 atom stereocenters. The number of rotatable bonds is 2. The molecule has 2 heteroatoms. The number of para-hydroxylation sites is 1. The molecule has 0 fully saturated rings. The average molecular weight is 255 g/mol. The Labute approximate surface area is 115 Å². The Balaban J connectivity index is -0.000000123. The maximum Gasteiger partial charge on any atom is 0.224 e. The van der Waals surface area contributed by atoms with E-state index in [2.05, 4.69) is 5.32 Å². The van der Waals surface area contributed by atoms with E-state index in [4.69, 9.17) is 0 Å². The number of carbonyl (C=O) groups excluding carboxylic acids is 1. The summed E-state index contributed by atoms with van der Waals surface area (Å²) in [5.41, 5.74) is 0.861. The summed E-state index contributed by atoms with van der Waals surface area (Å²) in [5, 5.41) is 2.75. The zero-order chi connectivity index (χ0) is 14.1. The van der Waals surface area contributed by atoms with E-state index in [0.717, 1.165) is 5.69 Å². The molecular weight excluding hydrogens is 222 g/mol. The van der Waals surface area contributed by atoms with E-state index in [1.54, 1.807) is 0 Å². The molecule has 0 radical (unpaired) electrons. The largest absolute Gasteiger partial charge is 0.326 e. The minimum Gasteiger partial charge on any atom is -0.326 e. The lowest BCUT2D eigenvalue weighted by Gasteiger charge is -2.00. The van der Waals surface area contributed by atoms with Crippen molar-refractivity contribution in [2.24, 2.45) is 0 Å². The number of hydrogen-bond acceptors (Lipinski definition) is 1. The maximum atomic E-state index is 10.9. The highest BCUT2D eigenvalue weighted by atomic mass is 16.1. The molecule has 1 N–H and O–H groups in total. The summed E-state index contributed by atoms with van der Waals surface area (Å²) in [7, 11) is 0. The predicted octanol–water partition coefficient (Wildman–Crippen LogP) is 5.75.